The minimum Gasteiger partial charge on any atom is -0.325 e. The molecular formula is C24H22N6O2S. The molecule has 4 aromatic rings. The summed E-state index contributed by atoms with van der Waals surface area (Å²) in [5.41, 5.74) is 3.86. The van der Waals surface area contributed by atoms with Gasteiger partial charge in [-0.1, -0.05) is 43.0 Å². The van der Waals surface area contributed by atoms with Crippen LogP contribution in [0, 0.1) is 0 Å². The maximum absolute atomic E-state index is 12.5. The number of para-hydroxylation sites is 1. The van der Waals surface area contributed by atoms with Crippen molar-refractivity contribution in [2.24, 2.45) is 0 Å². The molecule has 2 aromatic heterocycles. The molecule has 0 saturated carbocycles. The van der Waals surface area contributed by atoms with Crippen LogP contribution >= 0.6 is 11.8 Å². The van der Waals surface area contributed by atoms with E-state index in [4.69, 9.17) is 0 Å². The highest BCUT2D eigenvalue weighted by Gasteiger charge is 2.13. The van der Waals surface area contributed by atoms with Crippen molar-refractivity contribution in [3.05, 3.63) is 90.5 Å². The molecule has 0 aliphatic heterocycles. The summed E-state index contributed by atoms with van der Waals surface area (Å²) in [7, 11) is 0. The van der Waals surface area contributed by atoms with Crippen molar-refractivity contribution in [3.8, 4) is 5.69 Å². The number of aromatic nitrogens is 4. The highest BCUT2D eigenvalue weighted by Crippen LogP contribution is 2.23. The Labute approximate surface area is 195 Å². The lowest BCUT2D eigenvalue weighted by Gasteiger charge is -2.11. The van der Waals surface area contributed by atoms with Crippen LogP contribution in [0.2, 0.25) is 0 Å². The summed E-state index contributed by atoms with van der Waals surface area (Å²) in [4.78, 5) is 28.8. The van der Waals surface area contributed by atoms with Gasteiger partial charge in [-0.15, -0.1) is 10.2 Å². The predicted molar refractivity (Wildman–Crippen MR) is 129 cm³/mol. The van der Waals surface area contributed by atoms with Gasteiger partial charge in [0.05, 0.1) is 11.4 Å². The van der Waals surface area contributed by atoms with Gasteiger partial charge in [0.15, 0.2) is 5.16 Å². The van der Waals surface area contributed by atoms with E-state index < -0.39 is 0 Å². The number of hydrogen-bond donors (Lipinski definition) is 2. The zero-order valence-electron chi connectivity index (χ0n) is 17.9. The first kappa shape index (κ1) is 22.2. The molecule has 0 radical (unpaired) electrons. The second kappa shape index (κ2) is 10.6. The number of amides is 2. The molecule has 0 aliphatic rings. The van der Waals surface area contributed by atoms with Gasteiger partial charge in [0.2, 0.25) is 5.91 Å². The lowest BCUT2D eigenvalue weighted by atomic mass is 10.1. The second-order valence-corrected chi connectivity index (χ2v) is 8.02. The van der Waals surface area contributed by atoms with Gasteiger partial charge in [0, 0.05) is 29.3 Å². The van der Waals surface area contributed by atoms with Gasteiger partial charge >= 0.3 is 0 Å². The zero-order valence-corrected chi connectivity index (χ0v) is 18.7. The summed E-state index contributed by atoms with van der Waals surface area (Å²) in [5, 5.41) is 14.5. The molecule has 33 heavy (non-hydrogen) atoms. The first-order chi connectivity index (χ1) is 16.1. The Hall–Kier alpha value is -3.98. The molecule has 0 bridgehead atoms. The monoisotopic (exact) mass is 458 g/mol. The number of nitrogens with one attached hydrogen (secondary N) is 2. The highest BCUT2D eigenvalue weighted by molar-refractivity contribution is 7.99. The molecule has 2 heterocycles. The molecule has 0 spiro atoms. The van der Waals surface area contributed by atoms with E-state index in [0.29, 0.717) is 22.1 Å². The molecule has 2 aromatic carbocycles. The maximum atomic E-state index is 12.5. The van der Waals surface area contributed by atoms with Crippen LogP contribution in [0.15, 0.2) is 84.5 Å². The van der Waals surface area contributed by atoms with E-state index in [1.165, 1.54) is 17.3 Å². The number of hydrogen-bond acceptors (Lipinski definition) is 6. The fourth-order valence-corrected chi connectivity index (χ4v) is 3.96. The minimum absolute atomic E-state index is 0.167. The van der Waals surface area contributed by atoms with Gasteiger partial charge in [0.25, 0.3) is 5.91 Å². The van der Waals surface area contributed by atoms with Crippen molar-refractivity contribution < 1.29 is 9.59 Å². The Balaban J connectivity index is 1.37. The van der Waals surface area contributed by atoms with Crippen molar-refractivity contribution in [2.75, 3.05) is 16.4 Å². The topological polar surface area (TPSA) is 102 Å². The van der Waals surface area contributed by atoms with Crippen LogP contribution in [0.4, 0.5) is 11.4 Å². The summed E-state index contributed by atoms with van der Waals surface area (Å²) in [6.07, 6.45) is 5.66. The van der Waals surface area contributed by atoms with Crippen molar-refractivity contribution in [2.45, 2.75) is 18.5 Å². The third-order valence-corrected chi connectivity index (χ3v) is 5.77. The quantitative estimate of drug-likeness (QED) is 0.384. The normalized spacial score (nSPS) is 10.6. The first-order valence-electron chi connectivity index (χ1n) is 10.4. The molecule has 2 N–H and O–H groups in total. The Kier molecular flexibility index (Phi) is 7.11. The van der Waals surface area contributed by atoms with E-state index in [-0.39, 0.29) is 17.6 Å². The van der Waals surface area contributed by atoms with Crippen LogP contribution in [0.25, 0.3) is 5.69 Å². The van der Waals surface area contributed by atoms with E-state index >= 15 is 0 Å². The van der Waals surface area contributed by atoms with Crippen molar-refractivity contribution in [1.82, 2.24) is 19.7 Å². The Morgan fingerprint density at radius 2 is 1.73 bits per heavy atom. The average molecular weight is 459 g/mol. The van der Waals surface area contributed by atoms with Crippen molar-refractivity contribution >= 4 is 35.0 Å². The van der Waals surface area contributed by atoms with Crippen LogP contribution in [-0.2, 0) is 11.2 Å². The molecule has 4 rings (SSSR count). The van der Waals surface area contributed by atoms with Crippen LogP contribution in [0.1, 0.15) is 22.8 Å². The van der Waals surface area contributed by atoms with Crippen molar-refractivity contribution in [3.63, 3.8) is 0 Å². The number of anilines is 2. The Morgan fingerprint density at radius 1 is 0.970 bits per heavy atom. The van der Waals surface area contributed by atoms with E-state index in [1.807, 2.05) is 22.8 Å². The zero-order chi connectivity index (χ0) is 23.0. The summed E-state index contributed by atoms with van der Waals surface area (Å²) in [5.74, 6) is -0.264. The van der Waals surface area contributed by atoms with Crippen LogP contribution in [-0.4, -0.2) is 37.3 Å². The van der Waals surface area contributed by atoms with Crippen LogP contribution < -0.4 is 10.6 Å². The third-order valence-electron chi connectivity index (χ3n) is 4.83. The summed E-state index contributed by atoms with van der Waals surface area (Å²) in [6.45, 7) is 2.09. The standard InChI is InChI=1S/C24H22N6O2S/c1-2-17-6-3-4-9-21(17)30-16-26-29-24(30)33-15-22(31)27-19-7-5-8-20(14-19)28-23(32)18-10-12-25-13-11-18/h3-14,16H,2,15H2,1H3,(H,27,31)(H,28,32). The molecule has 9 heteroatoms. The number of aryl methyl sites for hydroxylation is 1. The summed E-state index contributed by atoms with van der Waals surface area (Å²) >= 11 is 1.31. The van der Waals surface area contributed by atoms with Gasteiger partial charge < -0.3 is 10.6 Å². The van der Waals surface area contributed by atoms with Crippen LogP contribution in [0.3, 0.4) is 0 Å². The number of nitrogens with zero attached hydrogens (tertiary/aromatic N) is 4. The molecule has 0 aliphatic carbocycles. The largest absolute Gasteiger partial charge is 0.325 e. The molecule has 0 atom stereocenters. The van der Waals surface area contributed by atoms with Gasteiger partial charge in [-0.3, -0.25) is 19.1 Å². The predicted octanol–water partition coefficient (Wildman–Crippen LogP) is 4.21. The van der Waals surface area contributed by atoms with E-state index in [2.05, 4.69) is 38.8 Å². The first-order valence-corrected chi connectivity index (χ1v) is 11.3. The number of carbonyl (C=O) groups is 2. The highest BCUT2D eigenvalue weighted by atomic mass is 32.2. The number of carbonyl (C=O) groups excluding carboxylic acids is 2. The lowest BCUT2D eigenvalue weighted by Crippen LogP contribution is -2.15. The summed E-state index contributed by atoms with van der Waals surface area (Å²) < 4.78 is 1.89. The van der Waals surface area contributed by atoms with Gasteiger partial charge in [-0.25, -0.2) is 0 Å². The smallest absolute Gasteiger partial charge is 0.255 e. The molecule has 0 saturated heterocycles. The minimum atomic E-state index is -0.247. The Morgan fingerprint density at radius 3 is 2.52 bits per heavy atom. The fraction of sp³-hybridized carbons (Fsp3) is 0.125. The number of thioether (sulfide) groups is 1. The van der Waals surface area contributed by atoms with Gasteiger partial charge in [0.1, 0.15) is 6.33 Å². The Bertz CT molecular complexity index is 1260. The van der Waals surface area contributed by atoms with E-state index in [9.17, 15) is 9.59 Å². The third kappa shape index (κ3) is 5.64. The second-order valence-electron chi connectivity index (χ2n) is 7.07. The maximum Gasteiger partial charge on any atom is 0.255 e. The average Bonchev–Trinajstić information content (AvgIpc) is 3.32. The SMILES string of the molecule is CCc1ccccc1-n1cnnc1SCC(=O)Nc1cccc(NC(=O)c2ccncc2)c1. The number of benzene rings is 2. The van der Waals surface area contributed by atoms with Crippen LogP contribution in [0.5, 0.6) is 0 Å². The molecule has 2 amide bonds. The molecular weight excluding hydrogens is 436 g/mol. The molecule has 0 fully saturated rings. The number of pyridine rings is 1. The fourth-order valence-electron chi connectivity index (χ4n) is 3.24. The van der Waals surface area contributed by atoms with E-state index in [1.54, 1.807) is 55.1 Å². The summed E-state index contributed by atoms with van der Waals surface area (Å²) in [6, 6.07) is 18.3. The van der Waals surface area contributed by atoms with Crippen molar-refractivity contribution in [1.29, 1.82) is 0 Å². The van der Waals surface area contributed by atoms with Gasteiger partial charge in [-0.2, -0.15) is 0 Å². The lowest BCUT2D eigenvalue weighted by molar-refractivity contribution is -0.113. The molecule has 166 valence electrons. The number of rotatable bonds is 8. The molecule has 0 unspecified atom stereocenters. The van der Waals surface area contributed by atoms with Gasteiger partial charge in [-0.05, 0) is 48.4 Å². The molecule has 8 nitrogen and oxygen atoms in total. The van der Waals surface area contributed by atoms with E-state index in [0.717, 1.165) is 12.1 Å².